The Balaban J connectivity index is 1.89. The standard InChI is InChI=1S/C17H13Cl2NO3/c1-11(23-14-5-2-12(9-20)3-6-14)17(21)22-10-13-4-7-15(18)16(19)8-13/h2-8,11H,10H2,1H3/t11-/m0/s1. The number of halogens is 2. The average molecular weight is 350 g/mol. The van der Waals surface area contributed by atoms with Gasteiger partial charge in [0.25, 0.3) is 0 Å². The topological polar surface area (TPSA) is 59.3 Å². The molecule has 4 nitrogen and oxygen atoms in total. The molecule has 0 radical (unpaired) electrons. The van der Waals surface area contributed by atoms with E-state index in [1.54, 1.807) is 49.4 Å². The van der Waals surface area contributed by atoms with E-state index >= 15 is 0 Å². The fourth-order valence-electron chi connectivity index (χ4n) is 1.76. The molecule has 23 heavy (non-hydrogen) atoms. The van der Waals surface area contributed by atoms with Gasteiger partial charge in [0.1, 0.15) is 12.4 Å². The minimum atomic E-state index is -0.772. The maximum absolute atomic E-state index is 11.9. The van der Waals surface area contributed by atoms with E-state index in [0.29, 0.717) is 21.4 Å². The van der Waals surface area contributed by atoms with E-state index in [1.807, 2.05) is 6.07 Å². The lowest BCUT2D eigenvalue weighted by atomic mass is 10.2. The molecule has 0 unspecified atom stereocenters. The second kappa shape index (κ2) is 7.87. The molecule has 2 aromatic carbocycles. The molecule has 0 bridgehead atoms. The summed E-state index contributed by atoms with van der Waals surface area (Å²) in [6.07, 6.45) is -0.772. The first-order chi connectivity index (χ1) is 11.0. The molecule has 0 spiro atoms. The lowest BCUT2D eigenvalue weighted by Crippen LogP contribution is -2.26. The number of hydrogen-bond acceptors (Lipinski definition) is 4. The third-order valence-electron chi connectivity index (χ3n) is 2.99. The normalized spacial score (nSPS) is 11.4. The third kappa shape index (κ3) is 4.88. The van der Waals surface area contributed by atoms with E-state index < -0.39 is 12.1 Å². The molecule has 0 saturated heterocycles. The van der Waals surface area contributed by atoms with Gasteiger partial charge in [-0.3, -0.25) is 0 Å². The highest BCUT2D eigenvalue weighted by molar-refractivity contribution is 6.42. The average Bonchev–Trinajstić information content (AvgIpc) is 2.56. The number of carbonyl (C=O) groups excluding carboxylic acids is 1. The monoisotopic (exact) mass is 349 g/mol. The Kier molecular flexibility index (Phi) is 5.86. The predicted octanol–water partition coefficient (Wildman–Crippen LogP) is 4.38. The molecule has 0 N–H and O–H groups in total. The molecule has 0 fully saturated rings. The van der Waals surface area contributed by atoms with Crippen LogP contribution in [-0.4, -0.2) is 12.1 Å². The molecule has 0 aliphatic rings. The van der Waals surface area contributed by atoms with E-state index in [1.165, 1.54) is 0 Å². The highest BCUT2D eigenvalue weighted by Gasteiger charge is 2.16. The van der Waals surface area contributed by atoms with Gasteiger partial charge in [-0.2, -0.15) is 5.26 Å². The van der Waals surface area contributed by atoms with Gasteiger partial charge in [-0.25, -0.2) is 4.79 Å². The van der Waals surface area contributed by atoms with Gasteiger partial charge in [0.2, 0.25) is 0 Å². The van der Waals surface area contributed by atoms with Crippen molar-refractivity contribution in [2.24, 2.45) is 0 Å². The largest absolute Gasteiger partial charge is 0.479 e. The van der Waals surface area contributed by atoms with Crippen LogP contribution in [-0.2, 0) is 16.1 Å². The number of esters is 1. The van der Waals surface area contributed by atoms with Crippen molar-refractivity contribution in [3.8, 4) is 11.8 Å². The molecule has 2 rings (SSSR count). The first kappa shape index (κ1) is 17.1. The quantitative estimate of drug-likeness (QED) is 0.751. The van der Waals surface area contributed by atoms with Crippen LogP contribution in [0.25, 0.3) is 0 Å². The molecule has 0 heterocycles. The molecule has 2 aromatic rings. The number of nitriles is 1. The summed E-state index contributed by atoms with van der Waals surface area (Å²) in [6, 6.07) is 13.5. The Labute approximate surface area is 144 Å². The van der Waals surface area contributed by atoms with Crippen molar-refractivity contribution in [3.63, 3.8) is 0 Å². The second-order valence-corrected chi connectivity index (χ2v) is 5.57. The van der Waals surface area contributed by atoms with E-state index in [-0.39, 0.29) is 6.61 Å². The van der Waals surface area contributed by atoms with Crippen molar-refractivity contribution >= 4 is 29.2 Å². The zero-order chi connectivity index (χ0) is 16.8. The predicted molar refractivity (Wildman–Crippen MR) is 87.5 cm³/mol. The van der Waals surface area contributed by atoms with Crippen molar-refractivity contribution < 1.29 is 14.3 Å². The zero-order valence-corrected chi connectivity index (χ0v) is 13.8. The Bertz CT molecular complexity index is 738. The molecule has 118 valence electrons. The Hall–Kier alpha value is -2.22. The zero-order valence-electron chi connectivity index (χ0n) is 12.3. The number of rotatable bonds is 5. The van der Waals surface area contributed by atoms with Crippen LogP contribution in [0.1, 0.15) is 18.1 Å². The van der Waals surface area contributed by atoms with Gasteiger partial charge in [0, 0.05) is 0 Å². The van der Waals surface area contributed by atoms with E-state index in [4.69, 9.17) is 37.9 Å². The Morgan fingerprint density at radius 1 is 1.17 bits per heavy atom. The van der Waals surface area contributed by atoms with Gasteiger partial charge >= 0.3 is 5.97 Å². The Morgan fingerprint density at radius 3 is 2.48 bits per heavy atom. The van der Waals surface area contributed by atoms with Gasteiger partial charge in [-0.05, 0) is 48.9 Å². The lowest BCUT2D eigenvalue weighted by molar-refractivity contribution is -0.152. The van der Waals surface area contributed by atoms with E-state index in [0.717, 1.165) is 5.56 Å². The summed E-state index contributed by atoms with van der Waals surface area (Å²) in [5.74, 6) is -0.0107. The molecule has 0 amide bonds. The van der Waals surface area contributed by atoms with Crippen LogP contribution in [0.15, 0.2) is 42.5 Å². The van der Waals surface area contributed by atoms with Crippen LogP contribution in [0, 0.1) is 11.3 Å². The van der Waals surface area contributed by atoms with Crippen LogP contribution in [0.3, 0.4) is 0 Å². The van der Waals surface area contributed by atoms with Gasteiger partial charge in [0.05, 0.1) is 21.7 Å². The first-order valence-electron chi connectivity index (χ1n) is 6.77. The number of ether oxygens (including phenoxy) is 2. The Morgan fingerprint density at radius 2 is 1.87 bits per heavy atom. The summed E-state index contributed by atoms with van der Waals surface area (Å²) in [4.78, 5) is 11.9. The molecule has 0 aliphatic carbocycles. The minimum absolute atomic E-state index is 0.0802. The summed E-state index contributed by atoms with van der Waals surface area (Å²) >= 11 is 11.7. The summed E-state index contributed by atoms with van der Waals surface area (Å²) in [5, 5.41) is 9.58. The fraction of sp³-hybridized carbons (Fsp3) is 0.176. The molecule has 6 heteroatoms. The maximum Gasteiger partial charge on any atom is 0.347 e. The van der Waals surface area contributed by atoms with Gasteiger partial charge < -0.3 is 9.47 Å². The number of benzene rings is 2. The third-order valence-corrected chi connectivity index (χ3v) is 3.73. The summed E-state index contributed by atoms with van der Waals surface area (Å²) in [5.41, 5.74) is 1.26. The molecular formula is C17H13Cl2NO3. The van der Waals surface area contributed by atoms with Crippen molar-refractivity contribution in [3.05, 3.63) is 63.6 Å². The van der Waals surface area contributed by atoms with Crippen LogP contribution >= 0.6 is 23.2 Å². The van der Waals surface area contributed by atoms with Gasteiger partial charge in [-0.15, -0.1) is 0 Å². The van der Waals surface area contributed by atoms with Gasteiger partial charge in [0.15, 0.2) is 6.10 Å². The van der Waals surface area contributed by atoms with Crippen molar-refractivity contribution in [2.75, 3.05) is 0 Å². The maximum atomic E-state index is 11.9. The minimum Gasteiger partial charge on any atom is -0.479 e. The van der Waals surface area contributed by atoms with Crippen molar-refractivity contribution in [2.45, 2.75) is 19.6 Å². The summed E-state index contributed by atoms with van der Waals surface area (Å²) < 4.78 is 10.7. The number of carbonyl (C=O) groups is 1. The van der Waals surface area contributed by atoms with E-state index in [9.17, 15) is 4.79 Å². The summed E-state index contributed by atoms with van der Waals surface area (Å²) in [7, 11) is 0. The number of hydrogen-bond donors (Lipinski definition) is 0. The molecule has 0 aromatic heterocycles. The fourth-order valence-corrected chi connectivity index (χ4v) is 2.08. The highest BCUT2D eigenvalue weighted by Crippen LogP contribution is 2.23. The van der Waals surface area contributed by atoms with Crippen molar-refractivity contribution in [1.29, 1.82) is 5.26 Å². The lowest BCUT2D eigenvalue weighted by Gasteiger charge is -2.14. The molecule has 0 saturated carbocycles. The highest BCUT2D eigenvalue weighted by atomic mass is 35.5. The molecular weight excluding hydrogens is 337 g/mol. The van der Waals surface area contributed by atoms with E-state index in [2.05, 4.69) is 0 Å². The SMILES string of the molecule is C[C@H](Oc1ccc(C#N)cc1)C(=O)OCc1ccc(Cl)c(Cl)c1. The van der Waals surface area contributed by atoms with Crippen LogP contribution in [0.4, 0.5) is 0 Å². The second-order valence-electron chi connectivity index (χ2n) is 4.75. The van der Waals surface area contributed by atoms with Crippen molar-refractivity contribution in [1.82, 2.24) is 0 Å². The number of nitrogens with zero attached hydrogens (tertiary/aromatic N) is 1. The van der Waals surface area contributed by atoms with Crippen LogP contribution < -0.4 is 4.74 Å². The van der Waals surface area contributed by atoms with Crippen LogP contribution in [0.5, 0.6) is 5.75 Å². The van der Waals surface area contributed by atoms with Crippen LogP contribution in [0.2, 0.25) is 10.0 Å². The molecule has 0 aliphatic heterocycles. The molecule has 1 atom stereocenters. The smallest absolute Gasteiger partial charge is 0.347 e. The first-order valence-corrected chi connectivity index (χ1v) is 7.52. The summed E-state index contributed by atoms with van der Waals surface area (Å²) in [6.45, 7) is 1.67. The van der Waals surface area contributed by atoms with Gasteiger partial charge in [-0.1, -0.05) is 29.3 Å².